The molecule has 0 unspecified atom stereocenters. The van der Waals surface area contributed by atoms with Gasteiger partial charge in [-0.25, -0.2) is 31.9 Å². The first-order valence-electron chi connectivity index (χ1n) is 5.37. The zero-order chi connectivity index (χ0) is 15.8. The fourth-order valence-corrected chi connectivity index (χ4v) is 3.88. The number of aryl methyl sites for hydroxylation is 1. The summed E-state index contributed by atoms with van der Waals surface area (Å²) in [5.74, 6) is -2.46. The van der Waals surface area contributed by atoms with Gasteiger partial charge in [0, 0.05) is 16.2 Å². The zero-order valence-electron chi connectivity index (χ0n) is 10.4. The second-order valence-corrected chi connectivity index (χ2v) is 6.82. The highest BCUT2D eigenvalue weighted by molar-refractivity contribution is 9.10. The van der Waals surface area contributed by atoms with Gasteiger partial charge in [0.15, 0.2) is 0 Å². The summed E-state index contributed by atoms with van der Waals surface area (Å²) >= 11 is 8.50. The highest BCUT2D eigenvalue weighted by atomic mass is 79.9. The van der Waals surface area contributed by atoms with Gasteiger partial charge in [-0.3, -0.25) is 0 Å². The maximum Gasteiger partial charge on any atom is 0.268 e. The molecule has 0 radical (unpaired) electrons. The predicted octanol–water partition coefficient (Wildman–Crippen LogP) is 3.28. The third-order valence-corrected chi connectivity index (χ3v) is 4.77. The number of rotatable bonds is 3. The second-order valence-electron chi connectivity index (χ2n) is 3.96. The van der Waals surface area contributed by atoms with Crippen LogP contribution < -0.4 is 4.72 Å². The molecule has 5 nitrogen and oxygen atoms in total. The monoisotopic (exact) mass is 397 g/mol. The molecule has 0 saturated carbocycles. The number of nitrogens with one attached hydrogen (secondary N) is 1. The van der Waals surface area contributed by atoms with Crippen LogP contribution >= 0.6 is 27.5 Å². The summed E-state index contributed by atoms with van der Waals surface area (Å²) in [6.07, 6.45) is 0. The van der Waals surface area contributed by atoms with E-state index in [2.05, 4.69) is 25.9 Å². The van der Waals surface area contributed by atoms with Crippen LogP contribution in [0.15, 0.2) is 27.6 Å². The van der Waals surface area contributed by atoms with Gasteiger partial charge >= 0.3 is 0 Å². The van der Waals surface area contributed by atoms with Gasteiger partial charge in [-0.1, -0.05) is 11.6 Å². The predicted molar refractivity (Wildman–Crippen MR) is 76.6 cm³/mol. The van der Waals surface area contributed by atoms with E-state index < -0.39 is 26.6 Å². The molecule has 1 N–H and O–H groups in total. The highest BCUT2D eigenvalue weighted by Crippen LogP contribution is 2.27. The molecule has 0 aliphatic heterocycles. The summed E-state index contributed by atoms with van der Waals surface area (Å²) in [5.41, 5.74) is 0.423. The van der Waals surface area contributed by atoms with Gasteiger partial charge in [-0.2, -0.15) is 0 Å². The van der Waals surface area contributed by atoms with Crippen molar-refractivity contribution in [2.45, 2.75) is 11.8 Å². The molecule has 2 aromatic rings. The van der Waals surface area contributed by atoms with Crippen molar-refractivity contribution in [1.82, 2.24) is 9.97 Å². The molecule has 0 saturated heterocycles. The maximum absolute atomic E-state index is 13.7. The third-order valence-electron chi connectivity index (χ3n) is 2.28. The fourth-order valence-electron chi connectivity index (χ4n) is 1.53. The molecule has 0 spiro atoms. The number of hydrogen-bond donors (Lipinski definition) is 1. The Morgan fingerprint density at radius 3 is 2.48 bits per heavy atom. The lowest BCUT2D eigenvalue weighted by Crippen LogP contribution is -2.17. The number of nitrogens with zero attached hydrogens (tertiary/aromatic N) is 2. The molecule has 0 bridgehead atoms. The molecule has 0 aliphatic carbocycles. The van der Waals surface area contributed by atoms with E-state index in [-0.39, 0.29) is 15.6 Å². The molecule has 0 aliphatic rings. The molecule has 112 valence electrons. The van der Waals surface area contributed by atoms with Gasteiger partial charge in [0.05, 0.1) is 0 Å². The van der Waals surface area contributed by atoms with Gasteiger partial charge in [0.2, 0.25) is 5.95 Å². The van der Waals surface area contributed by atoms with Crippen LogP contribution in [0.3, 0.4) is 0 Å². The summed E-state index contributed by atoms with van der Waals surface area (Å²) < 4.78 is 52.7. The molecule has 0 fully saturated rings. The van der Waals surface area contributed by atoms with Crippen molar-refractivity contribution < 1.29 is 17.2 Å². The van der Waals surface area contributed by atoms with Crippen LogP contribution in [0.5, 0.6) is 0 Å². The first-order valence-corrected chi connectivity index (χ1v) is 8.03. The summed E-state index contributed by atoms with van der Waals surface area (Å²) in [4.78, 5) is 6.75. The Labute approximate surface area is 132 Å². The number of benzene rings is 1. The van der Waals surface area contributed by atoms with Crippen LogP contribution in [-0.2, 0) is 10.0 Å². The standard InChI is InChI=1S/C11H7BrClF2N3O2S/c1-5-2-9(13)17-11(16-5)18-21(19,20)10-7(12)3-6(14)4-8(10)15/h2-4H,1H3,(H,16,17,18). The fraction of sp³-hybridized carbons (Fsp3) is 0.0909. The molecule has 0 atom stereocenters. The molecule has 10 heteroatoms. The van der Waals surface area contributed by atoms with Crippen LogP contribution in [0, 0.1) is 18.6 Å². The van der Waals surface area contributed by atoms with Crippen molar-refractivity contribution in [2.75, 3.05) is 4.72 Å². The minimum atomic E-state index is -4.35. The Balaban J connectivity index is 2.48. The highest BCUT2D eigenvalue weighted by Gasteiger charge is 2.25. The Morgan fingerprint density at radius 2 is 1.90 bits per heavy atom. The Bertz CT molecular complexity index is 774. The van der Waals surface area contributed by atoms with E-state index in [9.17, 15) is 17.2 Å². The van der Waals surface area contributed by atoms with Crippen LogP contribution in [0.25, 0.3) is 0 Å². The van der Waals surface area contributed by atoms with Crippen molar-refractivity contribution in [1.29, 1.82) is 0 Å². The average Bonchev–Trinajstić information content (AvgIpc) is 2.23. The number of hydrogen-bond acceptors (Lipinski definition) is 4. The normalized spacial score (nSPS) is 11.5. The molecule has 1 heterocycles. The number of halogens is 4. The molecule has 1 aromatic carbocycles. The quantitative estimate of drug-likeness (QED) is 0.806. The van der Waals surface area contributed by atoms with Crippen LogP contribution in [0.2, 0.25) is 5.15 Å². The summed E-state index contributed by atoms with van der Waals surface area (Å²) in [6, 6.07) is 2.72. The molecular formula is C11H7BrClF2N3O2S. The first kappa shape index (κ1) is 16.1. The molecule has 2 rings (SSSR count). The van der Waals surface area contributed by atoms with Crippen molar-refractivity contribution in [3.63, 3.8) is 0 Å². The van der Waals surface area contributed by atoms with Gasteiger partial charge in [0.25, 0.3) is 10.0 Å². The van der Waals surface area contributed by atoms with Gasteiger partial charge in [-0.05, 0) is 35.0 Å². The minimum Gasteiger partial charge on any atom is -0.247 e. The van der Waals surface area contributed by atoms with E-state index in [1.165, 1.54) is 6.07 Å². The SMILES string of the molecule is Cc1cc(Cl)nc(NS(=O)(=O)c2c(F)cc(F)cc2Br)n1. The van der Waals surface area contributed by atoms with Crippen molar-refractivity contribution >= 4 is 43.5 Å². The van der Waals surface area contributed by atoms with E-state index in [0.29, 0.717) is 11.8 Å². The van der Waals surface area contributed by atoms with Gasteiger partial charge < -0.3 is 0 Å². The maximum atomic E-state index is 13.7. The molecular weight excluding hydrogens is 392 g/mol. The van der Waals surface area contributed by atoms with Crippen molar-refractivity contribution in [3.8, 4) is 0 Å². The van der Waals surface area contributed by atoms with E-state index in [1.54, 1.807) is 6.92 Å². The number of anilines is 1. The topological polar surface area (TPSA) is 72.0 Å². The molecule has 21 heavy (non-hydrogen) atoms. The van der Waals surface area contributed by atoms with Gasteiger partial charge in [0.1, 0.15) is 21.7 Å². The van der Waals surface area contributed by atoms with Crippen LogP contribution in [-0.4, -0.2) is 18.4 Å². The Kier molecular flexibility index (Phi) is 4.45. The van der Waals surface area contributed by atoms with Crippen molar-refractivity contribution in [3.05, 3.63) is 45.2 Å². The lowest BCUT2D eigenvalue weighted by atomic mass is 10.3. The number of aromatic nitrogens is 2. The summed E-state index contributed by atoms with van der Waals surface area (Å²) in [7, 11) is -4.35. The summed E-state index contributed by atoms with van der Waals surface area (Å²) in [5, 5.41) is 0.0267. The van der Waals surface area contributed by atoms with Crippen LogP contribution in [0.1, 0.15) is 5.69 Å². The largest absolute Gasteiger partial charge is 0.268 e. The average molecular weight is 399 g/mol. The summed E-state index contributed by atoms with van der Waals surface area (Å²) in [6.45, 7) is 1.58. The Hall–Kier alpha value is -1.32. The van der Waals surface area contributed by atoms with E-state index in [1.807, 2.05) is 4.72 Å². The minimum absolute atomic E-state index is 0.0267. The zero-order valence-corrected chi connectivity index (χ0v) is 13.5. The Morgan fingerprint density at radius 1 is 1.24 bits per heavy atom. The lowest BCUT2D eigenvalue weighted by molar-refractivity contribution is 0.548. The number of sulfonamides is 1. The van der Waals surface area contributed by atoms with Crippen molar-refractivity contribution in [2.24, 2.45) is 0 Å². The van der Waals surface area contributed by atoms with E-state index in [4.69, 9.17) is 11.6 Å². The van der Waals surface area contributed by atoms with Gasteiger partial charge in [-0.15, -0.1) is 0 Å². The van der Waals surface area contributed by atoms with E-state index in [0.717, 1.165) is 6.07 Å². The van der Waals surface area contributed by atoms with E-state index >= 15 is 0 Å². The van der Waals surface area contributed by atoms with Crippen LogP contribution in [0.4, 0.5) is 14.7 Å². The molecule has 1 aromatic heterocycles. The third kappa shape index (κ3) is 3.66. The smallest absolute Gasteiger partial charge is 0.247 e. The second kappa shape index (κ2) is 5.82. The first-order chi connectivity index (χ1) is 9.69. The molecule has 0 amide bonds. The lowest BCUT2D eigenvalue weighted by Gasteiger charge is -2.10.